The standard InChI is InChI=1S/C20H32BrN5O.HI/c1-22-20(23-10-12-25(13-14-27-2)17-7-8-17)24-16-9-11-26(15-16)19-6-4-3-5-18(19)21;/h3-6,16-17H,7-15H2,1-2H3,(H2,22,23,24);1H. The molecule has 1 heterocycles. The van der Waals surface area contributed by atoms with Crippen molar-refractivity contribution in [2.75, 3.05) is 58.4 Å². The van der Waals surface area contributed by atoms with Gasteiger partial charge in [-0.2, -0.15) is 0 Å². The summed E-state index contributed by atoms with van der Waals surface area (Å²) < 4.78 is 6.39. The van der Waals surface area contributed by atoms with E-state index in [0.29, 0.717) is 6.04 Å². The smallest absolute Gasteiger partial charge is 0.191 e. The van der Waals surface area contributed by atoms with Gasteiger partial charge in [0.2, 0.25) is 0 Å². The second kappa shape index (κ2) is 12.2. The Hall–Kier alpha value is -0.580. The molecule has 0 aromatic heterocycles. The SMILES string of the molecule is CN=C(NCCN(CCOC)C1CC1)NC1CCN(c2ccccc2Br)C1.I. The maximum Gasteiger partial charge on any atom is 0.191 e. The second-order valence-electron chi connectivity index (χ2n) is 7.29. The molecular formula is C20H33BrIN5O. The monoisotopic (exact) mass is 565 g/mol. The summed E-state index contributed by atoms with van der Waals surface area (Å²) in [5.41, 5.74) is 1.27. The Balaban J connectivity index is 0.00000280. The minimum absolute atomic E-state index is 0. The van der Waals surface area contributed by atoms with Crippen LogP contribution >= 0.6 is 39.9 Å². The van der Waals surface area contributed by atoms with E-state index in [9.17, 15) is 0 Å². The van der Waals surface area contributed by atoms with Crippen molar-refractivity contribution < 1.29 is 4.74 Å². The van der Waals surface area contributed by atoms with Gasteiger partial charge in [-0.25, -0.2) is 0 Å². The molecule has 2 N–H and O–H groups in total. The highest BCUT2D eigenvalue weighted by Crippen LogP contribution is 2.28. The fourth-order valence-electron chi connectivity index (χ4n) is 3.64. The van der Waals surface area contributed by atoms with E-state index in [1.165, 1.54) is 18.5 Å². The summed E-state index contributed by atoms with van der Waals surface area (Å²) in [6.45, 7) is 5.80. The Morgan fingerprint density at radius 1 is 1.29 bits per heavy atom. The molecule has 1 saturated carbocycles. The van der Waals surface area contributed by atoms with Crippen LogP contribution in [0.4, 0.5) is 5.69 Å². The van der Waals surface area contributed by atoms with Crippen LogP contribution in [0.15, 0.2) is 33.7 Å². The molecule has 1 unspecified atom stereocenters. The molecular weight excluding hydrogens is 533 g/mol. The van der Waals surface area contributed by atoms with Crippen LogP contribution in [0.5, 0.6) is 0 Å². The zero-order valence-electron chi connectivity index (χ0n) is 16.9. The zero-order valence-corrected chi connectivity index (χ0v) is 20.8. The minimum Gasteiger partial charge on any atom is -0.383 e. The first-order valence-electron chi connectivity index (χ1n) is 9.91. The molecule has 1 saturated heterocycles. The predicted octanol–water partition coefficient (Wildman–Crippen LogP) is 2.92. The lowest BCUT2D eigenvalue weighted by Gasteiger charge is -2.23. The van der Waals surface area contributed by atoms with Gasteiger partial charge in [0.1, 0.15) is 0 Å². The van der Waals surface area contributed by atoms with Crippen LogP contribution in [-0.2, 0) is 4.74 Å². The number of ether oxygens (including phenoxy) is 1. The van der Waals surface area contributed by atoms with Gasteiger partial charge in [0.15, 0.2) is 5.96 Å². The number of halogens is 2. The topological polar surface area (TPSA) is 52.1 Å². The third-order valence-electron chi connectivity index (χ3n) is 5.28. The third kappa shape index (κ3) is 7.03. The maximum absolute atomic E-state index is 5.24. The van der Waals surface area contributed by atoms with Crippen LogP contribution in [0.1, 0.15) is 19.3 Å². The van der Waals surface area contributed by atoms with Gasteiger partial charge in [-0.1, -0.05) is 12.1 Å². The van der Waals surface area contributed by atoms with Crippen LogP contribution in [0, 0.1) is 0 Å². The number of hydrogen-bond donors (Lipinski definition) is 2. The van der Waals surface area contributed by atoms with Crippen LogP contribution in [0.3, 0.4) is 0 Å². The van der Waals surface area contributed by atoms with Crippen molar-refractivity contribution in [3.63, 3.8) is 0 Å². The fourth-order valence-corrected chi connectivity index (χ4v) is 4.17. The van der Waals surface area contributed by atoms with Gasteiger partial charge in [0, 0.05) is 63.4 Å². The average molecular weight is 566 g/mol. The molecule has 1 aliphatic carbocycles. The van der Waals surface area contributed by atoms with Gasteiger partial charge in [0.25, 0.3) is 0 Å². The van der Waals surface area contributed by atoms with E-state index in [1.54, 1.807) is 7.11 Å². The van der Waals surface area contributed by atoms with Gasteiger partial charge in [-0.05, 0) is 47.3 Å². The number of rotatable bonds is 9. The first-order valence-corrected chi connectivity index (χ1v) is 10.7. The molecule has 0 bridgehead atoms. The molecule has 3 rings (SSSR count). The number of para-hydroxylation sites is 1. The van der Waals surface area contributed by atoms with Gasteiger partial charge in [-0.3, -0.25) is 9.89 Å². The first-order chi connectivity index (χ1) is 13.2. The Kier molecular flexibility index (Phi) is 10.3. The summed E-state index contributed by atoms with van der Waals surface area (Å²) in [5, 5.41) is 7.07. The number of guanidine groups is 1. The van der Waals surface area contributed by atoms with Crippen LogP contribution in [0.2, 0.25) is 0 Å². The largest absolute Gasteiger partial charge is 0.383 e. The summed E-state index contributed by atoms with van der Waals surface area (Å²) in [6, 6.07) is 9.60. The highest BCUT2D eigenvalue weighted by Gasteiger charge is 2.28. The lowest BCUT2D eigenvalue weighted by Crippen LogP contribution is -2.47. The molecule has 0 radical (unpaired) electrons. The van der Waals surface area contributed by atoms with E-state index in [4.69, 9.17) is 4.74 Å². The lowest BCUT2D eigenvalue weighted by atomic mass is 10.3. The molecule has 158 valence electrons. The molecule has 1 atom stereocenters. The van der Waals surface area contributed by atoms with Crippen molar-refractivity contribution in [2.24, 2.45) is 4.99 Å². The van der Waals surface area contributed by atoms with Crippen LogP contribution < -0.4 is 15.5 Å². The Bertz CT molecular complexity index is 628. The molecule has 2 aliphatic rings. The maximum atomic E-state index is 5.24. The second-order valence-corrected chi connectivity index (χ2v) is 8.14. The molecule has 1 aromatic carbocycles. The summed E-state index contributed by atoms with van der Waals surface area (Å²) >= 11 is 3.66. The molecule has 1 aliphatic heterocycles. The van der Waals surface area contributed by atoms with Crippen molar-refractivity contribution in [2.45, 2.75) is 31.3 Å². The highest BCUT2D eigenvalue weighted by molar-refractivity contribution is 14.0. The molecule has 1 aromatic rings. The number of methoxy groups -OCH3 is 1. The molecule has 0 amide bonds. The number of nitrogens with zero attached hydrogens (tertiary/aromatic N) is 3. The van der Waals surface area contributed by atoms with Gasteiger partial charge in [-0.15, -0.1) is 24.0 Å². The van der Waals surface area contributed by atoms with Crippen molar-refractivity contribution >= 4 is 51.6 Å². The van der Waals surface area contributed by atoms with Gasteiger partial charge in [0.05, 0.1) is 12.3 Å². The van der Waals surface area contributed by atoms with E-state index in [-0.39, 0.29) is 24.0 Å². The lowest BCUT2D eigenvalue weighted by molar-refractivity contribution is 0.144. The number of benzene rings is 1. The summed E-state index contributed by atoms with van der Waals surface area (Å²) in [7, 11) is 3.62. The number of aliphatic imine (C=N–C) groups is 1. The number of hydrogen-bond acceptors (Lipinski definition) is 4. The van der Waals surface area contributed by atoms with Gasteiger partial charge < -0.3 is 20.3 Å². The van der Waals surface area contributed by atoms with Crippen molar-refractivity contribution in [1.29, 1.82) is 0 Å². The predicted molar refractivity (Wildman–Crippen MR) is 131 cm³/mol. The molecule has 8 heteroatoms. The van der Waals surface area contributed by atoms with E-state index in [2.05, 4.69) is 65.6 Å². The van der Waals surface area contributed by atoms with Crippen molar-refractivity contribution in [3.8, 4) is 0 Å². The summed E-state index contributed by atoms with van der Waals surface area (Å²) in [5.74, 6) is 0.900. The minimum atomic E-state index is 0. The first kappa shape index (κ1) is 23.7. The summed E-state index contributed by atoms with van der Waals surface area (Å²) in [4.78, 5) is 9.36. The van der Waals surface area contributed by atoms with Crippen LogP contribution in [-0.4, -0.2) is 76.4 Å². The van der Waals surface area contributed by atoms with Crippen molar-refractivity contribution in [3.05, 3.63) is 28.7 Å². The number of anilines is 1. The molecule has 0 spiro atoms. The van der Waals surface area contributed by atoms with Crippen LogP contribution in [0.25, 0.3) is 0 Å². The van der Waals surface area contributed by atoms with Crippen molar-refractivity contribution in [1.82, 2.24) is 15.5 Å². The normalized spacial score (nSPS) is 19.6. The summed E-state index contributed by atoms with van der Waals surface area (Å²) in [6.07, 6.45) is 3.76. The Labute approximate surface area is 194 Å². The quantitative estimate of drug-likeness (QED) is 0.274. The fraction of sp³-hybridized carbons (Fsp3) is 0.650. The molecule has 6 nitrogen and oxygen atoms in total. The number of nitrogens with one attached hydrogen (secondary N) is 2. The van der Waals surface area contributed by atoms with E-state index >= 15 is 0 Å². The van der Waals surface area contributed by atoms with E-state index < -0.39 is 0 Å². The van der Waals surface area contributed by atoms with E-state index in [0.717, 1.165) is 62.2 Å². The zero-order chi connectivity index (χ0) is 19.1. The van der Waals surface area contributed by atoms with Gasteiger partial charge >= 0.3 is 0 Å². The Morgan fingerprint density at radius 2 is 2.07 bits per heavy atom. The average Bonchev–Trinajstić information content (AvgIpc) is 3.42. The Morgan fingerprint density at radius 3 is 2.75 bits per heavy atom. The molecule has 28 heavy (non-hydrogen) atoms. The highest BCUT2D eigenvalue weighted by atomic mass is 127. The third-order valence-corrected chi connectivity index (χ3v) is 5.95. The van der Waals surface area contributed by atoms with E-state index in [1.807, 2.05) is 7.05 Å². The molecule has 2 fully saturated rings.